The van der Waals surface area contributed by atoms with Crippen molar-refractivity contribution >= 4 is 23.2 Å². The van der Waals surface area contributed by atoms with E-state index in [1.807, 2.05) is 0 Å². The summed E-state index contributed by atoms with van der Waals surface area (Å²) < 4.78 is 5.26. The van der Waals surface area contributed by atoms with Gasteiger partial charge in [0.25, 0.3) is 5.91 Å². The number of anilines is 1. The van der Waals surface area contributed by atoms with Crippen LogP contribution in [-0.2, 0) is 4.74 Å². The van der Waals surface area contributed by atoms with Gasteiger partial charge in [0, 0.05) is 25.3 Å². The van der Waals surface area contributed by atoms with Crippen LogP contribution in [0, 0.1) is 0 Å². The van der Waals surface area contributed by atoms with E-state index >= 15 is 0 Å². The molecule has 0 bridgehead atoms. The smallest absolute Gasteiger partial charge is 0.252 e. The van der Waals surface area contributed by atoms with Crippen molar-refractivity contribution < 1.29 is 14.6 Å². The molecule has 1 aromatic carbocycles. The van der Waals surface area contributed by atoms with E-state index in [9.17, 15) is 9.90 Å². The normalized spacial score (nSPS) is 16.5. The fraction of sp³-hybridized carbons (Fsp3) is 0.417. The Bertz CT molecular complexity index is 459. The molecule has 0 radical (unpaired) electrons. The Morgan fingerprint density at radius 1 is 1.44 bits per heavy atom. The molecule has 0 atom stereocenters. The number of carbonyl (C=O) groups excluding carboxylic acids is 1. The zero-order valence-corrected chi connectivity index (χ0v) is 10.5. The van der Waals surface area contributed by atoms with Gasteiger partial charge in [-0.25, -0.2) is 0 Å². The molecule has 0 aromatic heterocycles. The van der Waals surface area contributed by atoms with Crippen LogP contribution in [0.3, 0.4) is 0 Å². The van der Waals surface area contributed by atoms with E-state index in [1.54, 1.807) is 0 Å². The van der Waals surface area contributed by atoms with Crippen molar-refractivity contribution in [3.63, 3.8) is 0 Å². The van der Waals surface area contributed by atoms with Gasteiger partial charge in [-0.1, -0.05) is 11.6 Å². The highest BCUT2D eigenvalue weighted by atomic mass is 35.5. The number of phenols is 1. The van der Waals surface area contributed by atoms with E-state index in [-0.39, 0.29) is 17.4 Å². The summed E-state index contributed by atoms with van der Waals surface area (Å²) in [5.41, 5.74) is 5.75. The van der Waals surface area contributed by atoms with Crippen molar-refractivity contribution in [1.29, 1.82) is 0 Å². The zero-order valence-electron chi connectivity index (χ0n) is 9.78. The summed E-state index contributed by atoms with van der Waals surface area (Å²) in [6.45, 7) is 1.42. The van der Waals surface area contributed by atoms with Crippen LogP contribution in [0.1, 0.15) is 23.2 Å². The summed E-state index contributed by atoms with van der Waals surface area (Å²) in [5.74, 6) is -0.867. The number of benzene rings is 1. The largest absolute Gasteiger partial charge is 0.507 e. The maximum atomic E-state index is 11.0. The molecule has 1 aliphatic heterocycles. The first kappa shape index (κ1) is 13.0. The summed E-state index contributed by atoms with van der Waals surface area (Å²) in [6.07, 6.45) is 1.77. The topological polar surface area (TPSA) is 84.6 Å². The first-order valence-corrected chi connectivity index (χ1v) is 6.12. The van der Waals surface area contributed by atoms with Gasteiger partial charge in [0.15, 0.2) is 0 Å². The van der Waals surface area contributed by atoms with Crippen LogP contribution < -0.4 is 11.1 Å². The molecule has 98 valence electrons. The number of nitrogens with one attached hydrogen (secondary N) is 1. The number of primary amides is 1. The Balaban J connectivity index is 2.18. The predicted molar refractivity (Wildman–Crippen MR) is 69.1 cm³/mol. The molecule has 1 heterocycles. The molecule has 1 aromatic rings. The average molecular weight is 271 g/mol. The number of hydrogen-bond donors (Lipinski definition) is 3. The van der Waals surface area contributed by atoms with Crippen molar-refractivity contribution in [2.75, 3.05) is 18.5 Å². The standard InChI is InChI=1S/C12H15ClN2O3/c13-9-5-8(12(14)17)11(16)6-10(9)15-7-1-3-18-4-2-7/h5-7,15-16H,1-4H2,(H2,14,17). The Morgan fingerprint density at radius 2 is 2.11 bits per heavy atom. The van der Waals surface area contributed by atoms with Gasteiger partial charge in [-0.15, -0.1) is 0 Å². The summed E-state index contributed by atoms with van der Waals surface area (Å²) in [6, 6.07) is 3.06. The second-order valence-electron chi connectivity index (χ2n) is 4.24. The fourth-order valence-electron chi connectivity index (χ4n) is 1.93. The predicted octanol–water partition coefficient (Wildman–Crippen LogP) is 1.74. The van der Waals surface area contributed by atoms with Crippen LogP contribution in [0.2, 0.25) is 5.02 Å². The molecule has 1 saturated heterocycles. The molecular formula is C12H15ClN2O3. The Morgan fingerprint density at radius 3 is 2.72 bits per heavy atom. The molecule has 0 aliphatic carbocycles. The molecule has 2 rings (SSSR count). The number of halogens is 1. The molecule has 5 nitrogen and oxygen atoms in total. The number of rotatable bonds is 3. The van der Waals surface area contributed by atoms with Gasteiger partial charge in [0.1, 0.15) is 5.75 Å². The lowest BCUT2D eigenvalue weighted by molar-refractivity contribution is 0.0904. The molecule has 1 fully saturated rings. The Labute approximate surface area is 110 Å². The van der Waals surface area contributed by atoms with Crippen molar-refractivity contribution in [3.8, 4) is 5.75 Å². The molecule has 1 aliphatic rings. The molecule has 6 heteroatoms. The van der Waals surface area contributed by atoms with Crippen LogP contribution in [0.5, 0.6) is 5.75 Å². The van der Waals surface area contributed by atoms with Crippen LogP contribution in [0.15, 0.2) is 12.1 Å². The third kappa shape index (κ3) is 2.86. The van der Waals surface area contributed by atoms with E-state index in [0.29, 0.717) is 23.9 Å². The second kappa shape index (κ2) is 5.46. The first-order chi connectivity index (χ1) is 8.58. The van der Waals surface area contributed by atoms with E-state index < -0.39 is 5.91 Å². The van der Waals surface area contributed by atoms with Crippen LogP contribution >= 0.6 is 11.6 Å². The Hall–Kier alpha value is -1.46. The number of nitrogens with two attached hydrogens (primary N) is 1. The lowest BCUT2D eigenvalue weighted by atomic mass is 10.1. The van der Waals surface area contributed by atoms with Crippen molar-refractivity contribution in [2.24, 2.45) is 5.73 Å². The first-order valence-electron chi connectivity index (χ1n) is 5.74. The van der Waals surface area contributed by atoms with Gasteiger partial charge in [0.2, 0.25) is 0 Å². The van der Waals surface area contributed by atoms with Crippen molar-refractivity contribution in [1.82, 2.24) is 0 Å². The molecule has 0 spiro atoms. The van der Waals surface area contributed by atoms with Gasteiger partial charge in [-0.3, -0.25) is 4.79 Å². The highest BCUT2D eigenvalue weighted by molar-refractivity contribution is 6.33. The molecule has 1 amide bonds. The molecule has 0 unspecified atom stereocenters. The molecule has 4 N–H and O–H groups in total. The molecular weight excluding hydrogens is 256 g/mol. The minimum absolute atomic E-state index is 0.0255. The monoisotopic (exact) mass is 270 g/mol. The average Bonchev–Trinajstić information content (AvgIpc) is 2.34. The summed E-state index contributed by atoms with van der Waals surface area (Å²) >= 11 is 6.05. The van der Waals surface area contributed by atoms with Gasteiger partial charge in [-0.05, 0) is 18.9 Å². The van der Waals surface area contributed by atoms with Gasteiger partial charge >= 0.3 is 0 Å². The second-order valence-corrected chi connectivity index (χ2v) is 4.65. The van der Waals surface area contributed by atoms with Crippen LogP contribution in [-0.4, -0.2) is 30.3 Å². The highest BCUT2D eigenvalue weighted by Crippen LogP contribution is 2.31. The summed E-state index contributed by atoms with van der Waals surface area (Å²) in [5, 5.41) is 13.3. The highest BCUT2D eigenvalue weighted by Gasteiger charge is 2.17. The maximum Gasteiger partial charge on any atom is 0.252 e. The van der Waals surface area contributed by atoms with Crippen molar-refractivity contribution in [2.45, 2.75) is 18.9 Å². The van der Waals surface area contributed by atoms with E-state index in [0.717, 1.165) is 12.8 Å². The number of aromatic hydroxyl groups is 1. The lowest BCUT2D eigenvalue weighted by Crippen LogP contribution is -2.28. The quantitative estimate of drug-likeness (QED) is 0.781. The minimum Gasteiger partial charge on any atom is -0.507 e. The Kier molecular flexibility index (Phi) is 3.93. The van der Waals surface area contributed by atoms with Gasteiger partial charge in [-0.2, -0.15) is 0 Å². The zero-order chi connectivity index (χ0) is 13.1. The van der Waals surface area contributed by atoms with Crippen molar-refractivity contribution in [3.05, 3.63) is 22.7 Å². The molecule has 18 heavy (non-hydrogen) atoms. The van der Waals surface area contributed by atoms with Gasteiger partial charge in [0.05, 0.1) is 16.3 Å². The summed E-state index contributed by atoms with van der Waals surface area (Å²) in [4.78, 5) is 11.0. The third-order valence-corrected chi connectivity index (χ3v) is 3.24. The fourth-order valence-corrected chi connectivity index (χ4v) is 2.15. The number of carbonyl (C=O) groups is 1. The maximum absolute atomic E-state index is 11.0. The number of hydrogen-bond acceptors (Lipinski definition) is 4. The SMILES string of the molecule is NC(=O)c1cc(Cl)c(NC2CCOCC2)cc1O. The minimum atomic E-state index is -0.702. The van der Waals surface area contributed by atoms with Gasteiger partial charge < -0.3 is 20.9 Å². The number of ether oxygens (including phenoxy) is 1. The molecule has 0 saturated carbocycles. The van der Waals surface area contributed by atoms with E-state index in [4.69, 9.17) is 22.1 Å². The lowest BCUT2D eigenvalue weighted by Gasteiger charge is -2.24. The van der Waals surface area contributed by atoms with Crippen LogP contribution in [0.25, 0.3) is 0 Å². The number of amides is 1. The summed E-state index contributed by atoms with van der Waals surface area (Å²) in [7, 11) is 0. The van der Waals surface area contributed by atoms with E-state index in [1.165, 1.54) is 12.1 Å². The van der Waals surface area contributed by atoms with Crippen LogP contribution in [0.4, 0.5) is 5.69 Å². The van der Waals surface area contributed by atoms with E-state index in [2.05, 4.69) is 5.32 Å². The third-order valence-electron chi connectivity index (χ3n) is 2.93.